The van der Waals surface area contributed by atoms with Gasteiger partial charge in [0.2, 0.25) is 5.88 Å². The zero-order valence-electron chi connectivity index (χ0n) is 19.0. The predicted molar refractivity (Wildman–Crippen MR) is 142 cm³/mol. The summed E-state index contributed by atoms with van der Waals surface area (Å²) in [6, 6.07) is 23.0. The number of rotatable bonds is 6. The van der Waals surface area contributed by atoms with E-state index in [1.807, 2.05) is 60.7 Å². The number of carbonyl (C=O) groups is 1. The highest BCUT2D eigenvalue weighted by molar-refractivity contribution is 6.35. The molecule has 4 aromatic rings. The highest BCUT2D eigenvalue weighted by Crippen LogP contribution is 2.28. The summed E-state index contributed by atoms with van der Waals surface area (Å²) in [7, 11) is 0. The van der Waals surface area contributed by atoms with Crippen molar-refractivity contribution in [2.45, 2.75) is 37.8 Å². The van der Waals surface area contributed by atoms with Gasteiger partial charge in [0.15, 0.2) is 0 Å². The Hall–Kier alpha value is -3.35. The van der Waals surface area contributed by atoms with Gasteiger partial charge in [-0.05, 0) is 62.1 Å². The van der Waals surface area contributed by atoms with E-state index >= 15 is 0 Å². The van der Waals surface area contributed by atoms with Crippen LogP contribution in [-0.4, -0.2) is 28.0 Å². The number of benzene rings is 2. The lowest BCUT2D eigenvalue weighted by atomic mass is 9.91. The number of amides is 1. The van der Waals surface area contributed by atoms with Crippen molar-refractivity contribution in [1.29, 1.82) is 0 Å². The molecule has 0 spiro atoms. The van der Waals surface area contributed by atoms with Crippen molar-refractivity contribution in [3.63, 3.8) is 0 Å². The van der Waals surface area contributed by atoms with E-state index in [0.717, 1.165) is 42.4 Å². The number of hydrogen-bond donors (Lipinski definition) is 2. The molecule has 35 heavy (non-hydrogen) atoms. The van der Waals surface area contributed by atoms with Crippen LogP contribution in [0.4, 0.5) is 5.82 Å². The molecule has 180 valence electrons. The number of anilines is 1. The van der Waals surface area contributed by atoms with E-state index in [-0.39, 0.29) is 30.4 Å². The summed E-state index contributed by atoms with van der Waals surface area (Å²) >= 11 is 6.44. The van der Waals surface area contributed by atoms with E-state index < -0.39 is 0 Å². The van der Waals surface area contributed by atoms with Gasteiger partial charge in [-0.2, -0.15) is 0 Å². The van der Waals surface area contributed by atoms with Crippen LogP contribution in [0.15, 0.2) is 79.0 Å². The first-order valence-electron chi connectivity index (χ1n) is 11.5. The van der Waals surface area contributed by atoms with E-state index in [2.05, 4.69) is 15.6 Å². The molecular formula is C27H26Cl2N4O2. The highest BCUT2D eigenvalue weighted by atomic mass is 35.5. The molecule has 0 unspecified atom stereocenters. The number of pyridine rings is 2. The van der Waals surface area contributed by atoms with Crippen LogP contribution in [0.3, 0.4) is 0 Å². The second-order valence-corrected chi connectivity index (χ2v) is 8.85. The molecule has 0 aliphatic heterocycles. The molecule has 6 nitrogen and oxygen atoms in total. The summed E-state index contributed by atoms with van der Waals surface area (Å²) in [6.45, 7) is 0. The van der Waals surface area contributed by atoms with Crippen molar-refractivity contribution in [3.8, 4) is 11.6 Å². The molecule has 5 rings (SSSR count). The fourth-order valence-electron chi connectivity index (χ4n) is 4.31. The Morgan fingerprint density at radius 2 is 1.63 bits per heavy atom. The summed E-state index contributed by atoms with van der Waals surface area (Å²) in [5.74, 6) is 1.57. The number of nitrogens with zero attached hydrogens (tertiary/aromatic N) is 2. The first kappa shape index (κ1) is 24.8. The van der Waals surface area contributed by atoms with Gasteiger partial charge in [-0.1, -0.05) is 48.0 Å². The van der Waals surface area contributed by atoms with Crippen LogP contribution < -0.4 is 15.4 Å². The van der Waals surface area contributed by atoms with Crippen molar-refractivity contribution in [3.05, 3.63) is 89.6 Å². The minimum absolute atomic E-state index is 0. The molecule has 1 saturated carbocycles. The maximum Gasteiger partial charge on any atom is 0.257 e. The van der Waals surface area contributed by atoms with Gasteiger partial charge >= 0.3 is 0 Å². The Bertz CT molecular complexity index is 1290. The average molecular weight is 509 g/mol. The van der Waals surface area contributed by atoms with Crippen molar-refractivity contribution in [2.24, 2.45) is 0 Å². The monoisotopic (exact) mass is 508 g/mol. The molecule has 2 heterocycles. The third-order valence-corrected chi connectivity index (χ3v) is 6.37. The Morgan fingerprint density at radius 1 is 0.914 bits per heavy atom. The van der Waals surface area contributed by atoms with Gasteiger partial charge in [-0.25, -0.2) is 9.97 Å². The van der Waals surface area contributed by atoms with Crippen LogP contribution in [0.5, 0.6) is 11.6 Å². The second-order valence-electron chi connectivity index (χ2n) is 8.44. The minimum Gasteiger partial charge on any atom is -0.438 e. The summed E-state index contributed by atoms with van der Waals surface area (Å²) in [5, 5.41) is 8.32. The van der Waals surface area contributed by atoms with E-state index in [1.165, 1.54) is 0 Å². The minimum atomic E-state index is -0.168. The van der Waals surface area contributed by atoms with Crippen molar-refractivity contribution in [1.82, 2.24) is 15.3 Å². The Balaban J connectivity index is 0.00000289. The molecule has 1 amide bonds. The first-order valence-corrected chi connectivity index (χ1v) is 11.8. The average Bonchev–Trinajstić information content (AvgIpc) is 2.86. The fourth-order valence-corrected chi connectivity index (χ4v) is 4.57. The summed E-state index contributed by atoms with van der Waals surface area (Å²) < 4.78 is 5.84. The van der Waals surface area contributed by atoms with E-state index in [9.17, 15) is 4.79 Å². The summed E-state index contributed by atoms with van der Waals surface area (Å²) in [5.41, 5.74) is 1.31. The predicted octanol–water partition coefficient (Wildman–Crippen LogP) is 6.65. The lowest BCUT2D eigenvalue weighted by Crippen LogP contribution is -2.40. The summed E-state index contributed by atoms with van der Waals surface area (Å²) in [4.78, 5) is 21.9. The molecule has 1 aliphatic carbocycles. The topological polar surface area (TPSA) is 76.1 Å². The molecule has 0 radical (unpaired) electrons. The number of hydrogen-bond acceptors (Lipinski definition) is 5. The van der Waals surface area contributed by atoms with Crippen LogP contribution in [0, 0.1) is 0 Å². The number of aromatic nitrogens is 2. The van der Waals surface area contributed by atoms with Crippen LogP contribution in [-0.2, 0) is 0 Å². The third-order valence-electron chi connectivity index (χ3n) is 6.05. The first-order chi connectivity index (χ1) is 16.7. The normalized spacial score (nSPS) is 17.3. The van der Waals surface area contributed by atoms with Gasteiger partial charge < -0.3 is 15.4 Å². The lowest BCUT2D eigenvalue weighted by molar-refractivity contribution is 0.0923. The Labute approximate surface area is 215 Å². The van der Waals surface area contributed by atoms with Crippen molar-refractivity contribution in [2.75, 3.05) is 5.32 Å². The molecule has 2 N–H and O–H groups in total. The van der Waals surface area contributed by atoms with Gasteiger partial charge in [0.25, 0.3) is 5.91 Å². The fraction of sp³-hybridized carbons (Fsp3) is 0.222. The zero-order chi connectivity index (χ0) is 23.3. The quantitative estimate of drug-likeness (QED) is 0.304. The largest absolute Gasteiger partial charge is 0.438 e. The Kier molecular flexibility index (Phi) is 8.06. The number of nitrogens with one attached hydrogen (secondary N) is 2. The van der Waals surface area contributed by atoms with Gasteiger partial charge in [-0.3, -0.25) is 4.79 Å². The Morgan fingerprint density at radius 3 is 2.43 bits per heavy atom. The molecule has 2 aromatic heterocycles. The van der Waals surface area contributed by atoms with E-state index in [4.69, 9.17) is 21.3 Å². The van der Waals surface area contributed by atoms with Crippen molar-refractivity contribution < 1.29 is 9.53 Å². The number of para-hydroxylation sites is 2. The highest BCUT2D eigenvalue weighted by Gasteiger charge is 2.24. The van der Waals surface area contributed by atoms with Crippen LogP contribution in [0.2, 0.25) is 5.02 Å². The number of carbonyl (C=O) groups excluding carboxylic acids is 1. The third kappa shape index (κ3) is 6.02. The molecule has 2 aromatic carbocycles. The molecule has 0 bridgehead atoms. The second kappa shape index (κ2) is 11.4. The van der Waals surface area contributed by atoms with Crippen LogP contribution >= 0.6 is 24.0 Å². The molecule has 1 aliphatic rings. The van der Waals surface area contributed by atoms with E-state index in [0.29, 0.717) is 22.2 Å². The van der Waals surface area contributed by atoms with Crippen molar-refractivity contribution >= 4 is 46.6 Å². The number of halogens is 2. The standard InChI is InChI=1S/C27H25ClN4O2.ClH/c28-23-17-25(32-24-11-5-4-9-21(23)24)30-18-12-14-19(15-13-18)31-26(33)22-10-6-16-29-27(22)34-20-7-2-1-3-8-20;/h1-11,16-19H,12-15H2,(H,30,32)(H,31,33);1H. The van der Waals surface area contributed by atoms with Crippen LogP contribution in [0.1, 0.15) is 36.0 Å². The molecule has 8 heteroatoms. The number of fused-ring (bicyclic) bond motifs is 1. The van der Waals surface area contributed by atoms with Gasteiger partial charge in [0.1, 0.15) is 17.1 Å². The molecule has 0 atom stereocenters. The maximum absolute atomic E-state index is 13.0. The smallest absolute Gasteiger partial charge is 0.257 e. The lowest BCUT2D eigenvalue weighted by Gasteiger charge is -2.30. The van der Waals surface area contributed by atoms with E-state index in [1.54, 1.807) is 18.3 Å². The molecule has 1 fully saturated rings. The maximum atomic E-state index is 13.0. The number of ether oxygens (including phenoxy) is 1. The zero-order valence-corrected chi connectivity index (χ0v) is 20.6. The summed E-state index contributed by atoms with van der Waals surface area (Å²) in [6.07, 6.45) is 5.23. The SMILES string of the molecule is Cl.O=C(NC1CCC(Nc2cc(Cl)c3ccccc3n2)CC1)c1cccnc1Oc1ccccc1. The van der Waals surface area contributed by atoms with Crippen LogP contribution in [0.25, 0.3) is 10.9 Å². The molecule has 0 saturated heterocycles. The molecular weight excluding hydrogens is 483 g/mol. The van der Waals surface area contributed by atoms with Gasteiger partial charge in [0, 0.05) is 23.7 Å². The van der Waals surface area contributed by atoms with Gasteiger partial charge in [0.05, 0.1) is 10.5 Å². The van der Waals surface area contributed by atoms with Gasteiger partial charge in [-0.15, -0.1) is 12.4 Å².